The van der Waals surface area contributed by atoms with E-state index in [1.54, 1.807) is 6.08 Å². The molecule has 0 aliphatic heterocycles. The minimum absolute atomic E-state index is 0.166. The van der Waals surface area contributed by atoms with Crippen molar-refractivity contribution in [1.82, 2.24) is 0 Å². The van der Waals surface area contributed by atoms with Gasteiger partial charge in [0.25, 0.3) is 0 Å². The fraction of sp³-hybridized carbons (Fsp3) is 0.556. The average molecular weight is 166 g/mol. The number of allylic oxidation sites excluding steroid dienone is 2. The van der Waals surface area contributed by atoms with Gasteiger partial charge in [-0.3, -0.25) is 9.59 Å². The van der Waals surface area contributed by atoms with Gasteiger partial charge in [-0.15, -0.1) is 0 Å². The summed E-state index contributed by atoms with van der Waals surface area (Å²) in [6.45, 7) is 0. The predicted octanol–water partition coefficient (Wildman–Crippen LogP) is 0.996. The number of carboxylic acid groups (broad SMARTS) is 1. The average Bonchev–Trinajstić information content (AvgIpc) is 2.42. The number of ketones is 1. The van der Waals surface area contributed by atoms with E-state index in [1.807, 2.05) is 0 Å². The van der Waals surface area contributed by atoms with Crippen molar-refractivity contribution in [3.8, 4) is 0 Å². The quantitative estimate of drug-likeness (QED) is 0.632. The normalized spacial score (nSPS) is 33.3. The van der Waals surface area contributed by atoms with E-state index in [0.29, 0.717) is 19.3 Å². The molecule has 1 N–H and O–H groups in total. The highest BCUT2D eigenvalue weighted by molar-refractivity contribution is 5.94. The van der Waals surface area contributed by atoms with Crippen molar-refractivity contribution in [2.75, 3.05) is 0 Å². The van der Waals surface area contributed by atoms with E-state index >= 15 is 0 Å². The summed E-state index contributed by atoms with van der Waals surface area (Å²) in [5, 5.41) is 8.72. The minimum Gasteiger partial charge on any atom is -0.481 e. The van der Waals surface area contributed by atoms with E-state index in [9.17, 15) is 9.59 Å². The Bertz CT molecular complexity index is 277. The summed E-state index contributed by atoms with van der Waals surface area (Å²) in [5.41, 5.74) is 1.06. The number of hydrogen-bond donors (Lipinski definition) is 1. The topological polar surface area (TPSA) is 54.4 Å². The molecule has 0 saturated heterocycles. The van der Waals surface area contributed by atoms with Crippen LogP contribution in [0, 0.1) is 11.8 Å². The molecule has 3 heteroatoms. The highest BCUT2D eigenvalue weighted by atomic mass is 16.4. The van der Waals surface area contributed by atoms with Gasteiger partial charge in [0, 0.05) is 6.42 Å². The van der Waals surface area contributed by atoms with Crippen LogP contribution in [0.2, 0.25) is 0 Å². The van der Waals surface area contributed by atoms with Crippen LogP contribution in [-0.4, -0.2) is 16.9 Å². The lowest BCUT2D eigenvalue weighted by molar-refractivity contribution is -0.141. The first-order valence-electron chi connectivity index (χ1n) is 4.13. The molecule has 0 amide bonds. The van der Waals surface area contributed by atoms with Crippen LogP contribution >= 0.6 is 0 Å². The molecule has 64 valence electrons. The van der Waals surface area contributed by atoms with Gasteiger partial charge in [0.2, 0.25) is 0 Å². The Balaban J connectivity index is 2.14. The largest absolute Gasteiger partial charge is 0.481 e. The molecule has 1 fully saturated rings. The molecule has 2 atom stereocenters. The zero-order valence-electron chi connectivity index (χ0n) is 6.62. The summed E-state index contributed by atoms with van der Waals surface area (Å²) in [6.07, 6.45) is 3.42. The fourth-order valence-corrected chi connectivity index (χ4v) is 2.12. The molecule has 2 aliphatic carbocycles. The second-order valence-electron chi connectivity index (χ2n) is 3.56. The molecular formula is C9H10O3. The van der Waals surface area contributed by atoms with Gasteiger partial charge in [0.05, 0.1) is 5.92 Å². The minimum atomic E-state index is -0.724. The Morgan fingerprint density at radius 2 is 2.25 bits per heavy atom. The second-order valence-corrected chi connectivity index (χ2v) is 3.56. The number of carbonyl (C=O) groups is 2. The van der Waals surface area contributed by atoms with Crippen LogP contribution in [0.25, 0.3) is 0 Å². The third kappa shape index (κ3) is 1.05. The molecule has 12 heavy (non-hydrogen) atoms. The number of carboxylic acids is 1. The van der Waals surface area contributed by atoms with Crippen molar-refractivity contribution in [3.63, 3.8) is 0 Å². The Kier molecular flexibility index (Phi) is 1.53. The Labute approximate surface area is 70.1 Å². The number of rotatable bonds is 1. The summed E-state index contributed by atoms with van der Waals surface area (Å²) in [6, 6.07) is 0. The van der Waals surface area contributed by atoms with E-state index < -0.39 is 5.97 Å². The molecule has 0 bridgehead atoms. The summed E-state index contributed by atoms with van der Waals surface area (Å²) >= 11 is 0. The van der Waals surface area contributed by atoms with Crippen LogP contribution in [-0.2, 0) is 9.59 Å². The highest BCUT2D eigenvalue weighted by Gasteiger charge is 2.37. The van der Waals surface area contributed by atoms with Gasteiger partial charge in [-0.25, -0.2) is 0 Å². The number of hydrogen-bond acceptors (Lipinski definition) is 2. The molecule has 0 radical (unpaired) electrons. The smallest absolute Gasteiger partial charge is 0.306 e. The second kappa shape index (κ2) is 2.44. The monoisotopic (exact) mass is 166 g/mol. The molecule has 3 nitrogen and oxygen atoms in total. The lowest BCUT2D eigenvalue weighted by Gasteiger charge is -2.02. The van der Waals surface area contributed by atoms with Crippen molar-refractivity contribution >= 4 is 11.8 Å². The summed E-state index contributed by atoms with van der Waals surface area (Å²) in [7, 11) is 0. The molecule has 2 unspecified atom stereocenters. The third-order valence-electron chi connectivity index (χ3n) is 2.72. The molecule has 1 saturated carbocycles. The fourth-order valence-electron chi connectivity index (χ4n) is 2.12. The molecule has 2 rings (SSSR count). The molecule has 0 heterocycles. The Morgan fingerprint density at radius 3 is 2.83 bits per heavy atom. The number of fused-ring (bicyclic) bond motifs is 1. The summed E-state index contributed by atoms with van der Waals surface area (Å²) in [4.78, 5) is 21.5. The molecular weight excluding hydrogens is 156 g/mol. The Morgan fingerprint density at radius 1 is 1.50 bits per heavy atom. The first-order chi connectivity index (χ1) is 5.66. The van der Waals surface area contributed by atoms with E-state index in [-0.39, 0.29) is 17.6 Å². The SMILES string of the molecule is O=C1C=C2CC(C(=O)O)CC2C1. The summed E-state index contributed by atoms with van der Waals surface area (Å²) < 4.78 is 0. The van der Waals surface area contributed by atoms with Crippen LogP contribution in [0.4, 0.5) is 0 Å². The van der Waals surface area contributed by atoms with Crippen LogP contribution in [0.3, 0.4) is 0 Å². The lowest BCUT2D eigenvalue weighted by Crippen LogP contribution is -2.10. The van der Waals surface area contributed by atoms with E-state index in [4.69, 9.17) is 5.11 Å². The highest BCUT2D eigenvalue weighted by Crippen LogP contribution is 2.41. The van der Waals surface area contributed by atoms with E-state index in [1.165, 1.54) is 0 Å². The zero-order chi connectivity index (χ0) is 8.72. The molecule has 0 aromatic heterocycles. The van der Waals surface area contributed by atoms with Gasteiger partial charge in [-0.05, 0) is 24.8 Å². The van der Waals surface area contributed by atoms with Gasteiger partial charge in [-0.2, -0.15) is 0 Å². The van der Waals surface area contributed by atoms with Gasteiger partial charge in [-0.1, -0.05) is 5.57 Å². The predicted molar refractivity (Wildman–Crippen MR) is 41.6 cm³/mol. The van der Waals surface area contributed by atoms with Crippen LogP contribution < -0.4 is 0 Å². The van der Waals surface area contributed by atoms with Crippen molar-refractivity contribution in [1.29, 1.82) is 0 Å². The molecule has 2 aliphatic rings. The van der Waals surface area contributed by atoms with Gasteiger partial charge in [0.1, 0.15) is 0 Å². The molecule has 0 spiro atoms. The van der Waals surface area contributed by atoms with Crippen molar-refractivity contribution < 1.29 is 14.7 Å². The molecule has 0 aromatic rings. The van der Waals surface area contributed by atoms with Gasteiger partial charge < -0.3 is 5.11 Å². The van der Waals surface area contributed by atoms with Crippen LogP contribution in [0.1, 0.15) is 19.3 Å². The zero-order valence-corrected chi connectivity index (χ0v) is 6.62. The first-order valence-corrected chi connectivity index (χ1v) is 4.13. The summed E-state index contributed by atoms with van der Waals surface area (Å²) in [5.74, 6) is -0.551. The van der Waals surface area contributed by atoms with Gasteiger partial charge >= 0.3 is 5.97 Å². The van der Waals surface area contributed by atoms with E-state index in [0.717, 1.165) is 5.57 Å². The maximum absolute atomic E-state index is 10.9. The molecule has 0 aromatic carbocycles. The number of carbonyl (C=O) groups excluding carboxylic acids is 1. The van der Waals surface area contributed by atoms with Crippen molar-refractivity contribution in [3.05, 3.63) is 11.6 Å². The first kappa shape index (κ1) is 7.53. The van der Waals surface area contributed by atoms with Crippen LogP contribution in [0.5, 0.6) is 0 Å². The maximum atomic E-state index is 10.9. The van der Waals surface area contributed by atoms with Crippen molar-refractivity contribution in [2.45, 2.75) is 19.3 Å². The maximum Gasteiger partial charge on any atom is 0.306 e. The van der Waals surface area contributed by atoms with Gasteiger partial charge in [0.15, 0.2) is 5.78 Å². The Hall–Kier alpha value is -1.12. The van der Waals surface area contributed by atoms with Crippen LogP contribution in [0.15, 0.2) is 11.6 Å². The standard InChI is InChI=1S/C9H10O3/c10-8-3-5-1-7(9(11)12)2-6(5)4-8/h3,6-7H,1-2,4H2,(H,11,12). The lowest BCUT2D eigenvalue weighted by atomic mass is 10.0. The number of aliphatic carboxylic acids is 1. The third-order valence-corrected chi connectivity index (χ3v) is 2.72. The van der Waals surface area contributed by atoms with Crippen molar-refractivity contribution in [2.24, 2.45) is 11.8 Å². The van der Waals surface area contributed by atoms with E-state index in [2.05, 4.69) is 0 Å².